The van der Waals surface area contributed by atoms with E-state index in [4.69, 9.17) is 4.74 Å². The van der Waals surface area contributed by atoms with Crippen molar-refractivity contribution in [1.82, 2.24) is 5.32 Å². The molecule has 0 aliphatic carbocycles. The summed E-state index contributed by atoms with van der Waals surface area (Å²) in [6.07, 6.45) is 4.75. The van der Waals surface area contributed by atoms with Crippen molar-refractivity contribution in [3.63, 3.8) is 0 Å². The van der Waals surface area contributed by atoms with E-state index in [1.54, 1.807) is 43.5 Å². The lowest BCUT2D eigenvalue weighted by Gasteiger charge is -2.07. The minimum Gasteiger partial charge on any atom is -0.497 e. The number of benzene rings is 2. The maximum Gasteiger partial charge on any atom is 0.319 e. The Morgan fingerprint density at radius 2 is 1.77 bits per heavy atom. The molecule has 2 aromatic rings. The normalized spacial score (nSPS) is 10.2. The molecule has 0 heterocycles. The van der Waals surface area contributed by atoms with Gasteiger partial charge in [-0.1, -0.05) is 18.2 Å². The van der Waals surface area contributed by atoms with Crippen LogP contribution in [0.3, 0.4) is 0 Å². The average Bonchev–Trinajstić information content (AvgIpc) is 2.66. The van der Waals surface area contributed by atoms with E-state index in [0.717, 1.165) is 11.3 Å². The van der Waals surface area contributed by atoms with Crippen molar-refractivity contribution in [3.8, 4) is 5.75 Å². The summed E-state index contributed by atoms with van der Waals surface area (Å²) in [5, 5.41) is 8.05. The fourth-order valence-electron chi connectivity index (χ4n) is 2.08. The van der Waals surface area contributed by atoms with Gasteiger partial charge >= 0.3 is 6.03 Å². The number of rotatable bonds is 7. The van der Waals surface area contributed by atoms with E-state index in [-0.39, 0.29) is 11.9 Å². The molecular formula is C20H21N3O3. The Bertz CT molecular complexity index is 798. The number of urea groups is 1. The minimum absolute atomic E-state index is 0.253. The Morgan fingerprint density at radius 3 is 2.42 bits per heavy atom. The molecule has 134 valence electrons. The maximum atomic E-state index is 12.0. The highest BCUT2D eigenvalue weighted by Crippen LogP contribution is 2.15. The van der Waals surface area contributed by atoms with Gasteiger partial charge in [-0.3, -0.25) is 4.79 Å². The lowest BCUT2D eigenvalue weighted by Crippen LogP contribution is -2.28. The van der Waals surface area contributed by atoms with Crippen LogP contribution in [0.25, 0.3) is 6.08 Å². The summed E-state index contributed by atoms with van der Waals surface area (Å²) in [5.74, 6) is 0.477. The second-order valence-electron chi connectivity index (χ2n) is 5.30. The topological polar surface area (TPSA) is 79.5 Å². The van der Waals surface area contributed by atoms with Crippen LogP contribution in [0, 0.1) is 0 Å². The Morgan fingerprint density at radius 1 is 1.08 bits per heavy atom. The Balaban J connectivity index is 1.89. The molecule has 0 saturated heterocycles. The van der Waals surface area contributed by atoms with Crippen LogP contribution in [0.5, 0.6) is 5.75 Å². The van der Waals surface area contributed by atoms with Crippen molar-refractivity contribution < 1.29 is 14.3 Å². The SMILES string of the molecule is C=CCNC(=O)Nc1ccc(NC(=O)/C=C/c2cccc(OC)c2)cc1. The van der Waals surface area contributed by atoms with Crippen LogP contribution in [0.15, 0.2) is 67.3 Å². The summed E-state index contributed by atoms with van der Waals surface area (Å²) in [7, 11) is 1.59. The van der Waals surface area contributed by atoms with E-state index >= 15 is 0 Å². The van der Waals surface area contributed by atoms with E-state index in [1.807, 2.05) is 24.3 Å². The van der Waals surface area contributed by atoms with Gasteiger partial charge in [0.1, 0.15) is 5.75 Å². The minimum atomic E-state index is -0.317. The highest BCUT2D eigenvalue weighted by molar-refractivity contribution is 6.02. The first-order chi connectivity index (χ1) is 12.6. The monoisotopic (exact) mass is 351 g/mol. The fraction of sp³-hybridized carbons (Fsp3) is 0.100. The fourth-order valence-corrected chi connectivity index (χ4v) is 2.08. The van der Waals surface area contributed by atoms with Gasteiger partial charge in [-0.15, -0.1) is 6.58 Å². The van der Waals surface area contributed by atoms with Crippen LogP contribution in [-0.4, -0.2) is 25.6 Å². The molecule has 6 heteroatoms. The Labute approximate surface area is 152 Å². The molecule has 26 heavy (non-hydrogen) atoms. The smallest absolute Gasteiger partial charge is 0.319 e. The molecule has 3 N–H and O–H groups in total. The number of ether oxygens (including phenoxy) is 1. The summed E-state index contributed by atoms with van der Waals surface area (Å²) < 4.78 is 5.14. The zero-order chi connectivity index (χ0) is 18.8. The summed E-state index contributed by atoms with van der Waals surface area (Å²) in [6, 6.07) is 13.9. The second kappa shape index (κ2) is 9.68. The van der Waals surface area contributed by atoms with E-state index in [9.17, 15) is 9.59 Å². The van der Waals surface area contributed by atoms with Gasteiger partial charge in [0.25, 0.3) is 0 Å². The number of amides is 3. The Hall–Kier alpha value is -3.54. The molecule has 2 rings (SSSR count). The van der Waals surface area contributed by atoms with Crippen molar-refractivity contribution in [2.45, 2.75) is 0 Å². The molecule has 6 nitrogen and oxygen atoms in total. The van der Waals surface area contributed by atoms with Gasteiger partial charge in [-0.05, 0) is 48.0 Å². The number of nitrogens with one attached hydrogen (secondary N) is 3. The molecule has 0 radical (unpaired) electrons. The first kappa shape index (κ1) is 18.8. The predicted octanol–water partition coefficient (Wildman–Crippen LogP) is 3.65. The van der Waals surface area contributed by atoms with Crippen molar-refractivity contribution in [1.29, 1.82) is 0 Å². The number of carbonyl (C=O) groups is 2. The van der Waals surface area contributed by atoms with Crippen LogP contribution in [0.4, 0.5) is 16.2 Å². The number of methoxy groups -OCH3 is 1. The zero-order valence-corrected chi connectivity index (χ0v) is 14.5. The van der Waals surface area contributed by atoms with Gasteiger partial charge in [0.2, 0.25) is 5.91 Å². The molecule has 0 saturated carbocycles. The van der Waals surface area contributed by atoms with Crippen molar-refractivity contribution in [2.75, 3.05) is 24.3 Å². The van der Waals surface area contributed by atoms with Gasteiger partial charge in [0.05, 0.1) is 7.11 Å². The third-order valence-corrected chi connectivity index (χ3v) is 3.34. The van der Waals surface area contributed by atoms with Crippen molar-refractivity contribution in [3.05, 3.63) is 72.8 Å². The second-order valence-corrected chi connectivity index (χ2v) is 5.30. The number of anilines is 2. The number of hydrogen-bond acceptors (Lipinski definition) is 3. The van der Waals surface area contributed by atoms with E-state index in [2.05, 4.69) is 22.5 Å². The van der Waals surface area contributed by atoms with E-state index < -0.39 is 0 Å². The molecular weight excluding hydrogens is 330 g/mol. The summed E-state index contributed by atoms with van der Waals surface area (Å²) in [6.45, 7) is 3.92. The summed E-state index contributed by atoms with van der Waals surface area (Å²) in [5.41, 5.74) is 2.11. The Kier molecular flexibility index (Phi) is 7.00. The van der Waals surface area contributed by atoms with Crippen molar-refractivity contribution >= 4 is 29.4 Å². The zero-order valence-electron chi connectivity index (χ0n) is 14.5. The maximum absolute atomic E-state index is 12.0. The average molecular weight is 351 g/mol. The summed E-state index contributed by atoms with van der Waals surface area (Å²) >= 11 is 0. The van der Waals surface area contributed by atoms with Crippen molar-refractivity contribution in [2.24, 2.45) is 0 Å². The molecule has 0 atom stereocenters. The third kappa shape index (κ3) is 6.16. The molecule has 0 spiro atoms. The highest BCUT2D eigenvalue weighted by atomic mass is 16.5. The highest BCUT2D eigenvalue weighted by Gasteiger charge is 2.02. The van der Waals surface area contributed by atoms with E-state index in [1.165, 1.54) is 6.08 Å². The lowest BCUT2D eigenvalue weighted by molar-refractivity contribution is -0.111. The largest absolute Gasteiger partial charge is 0.497 e. The van der Waals surface area contributed by atoms with Gasteiger partial charge in [-0.2, -0.15) is 0 Å². The van der Waals surface area contributed by atoms with Gasteiger partial charge in [-0.25, -0.2) is 4.79 Å². The molecule has 0 aliphatic rings. The van der Waals surface area contributed by atoms with Crippen LogP contribution in [-0.2, 0) is 4.79 Å². The quantitative estimate of drug-likeness (QED) is 0.526. The summed E-state index contributed by atoms with van der Waals surface area (Å²) in [4.78, 5) is 23.5. The van der Waals surface area contributed by atoms with Crippen LogP contribution >= 0.6 is 0 Å². The number of hydrogen-bond donors (Lipinski definition) is 3. The standard InChI is InChI=1S/C20H21N3O3/c1-3-13-21-20(25)23-17-10-8-16(9-11-17)22-19(24)12-7-15-5-4-6-18(14-15)26-2/h3-12,14H,1,13H2,2H3,(H,22,24)(H2,21,23,25)/b12-7+. The molecule has 0 unspecified atom stereocenters. The van der Waals surface area contributed by atoms with Gasteiger partial charge in [0.15, 0.2) is 0 Å². The predicted molar refractivity (Wildman–Crippen MR) is 104 cm³/mol. The molecule has 0 aliphatic heterocycles. The third-order valence-electron chi connectivity index (χ3n) is 3.34. The van der Waals surface area contributed by atoms with Crippen LogP contribution in [0.1, 0.15) is 5.56 Å². The molecule has 0 bridgehead atoms. The van der Waals surface area contributed by atoms with Gasteiger partial charge in [0, 0.05) is 24.0 Å². The lowest BCUT2D eigenvalue weighted by atomic mass is 10.2. The van der Waals surface area contributed by atoms with Crippen LogP contribution in [0.2, 0.25) is 0 Å². The van der Waals surface area contributed by atoms with E-state index in [0.29, 0.717) is 17.9 Å². The molecule has 3 amide bonds. The molecule has 0 fully saturated rings. The first-order valence-electron chi connectivity index (χ1n) is 7.99. The van der Waals surface area contributed by atoms with Gasteiger partial charge < -0.3 is 20.7 Å². The van der Waals surface area contributed by atoms with Crippen LogP contribution < -0.4 is 20.7 Å². The molecule has 0 aromatic heterocycles. The first-order valence-corrected chi connectivity index (χ1v) is 7.99. The number of carbonyl (C=O) groups excluding carboxylic acids is 2. The molecule has 2 aromatic carbocycles.